The number of carbonyl (C=O) groups excluding carboxylic acids is 1. The first kappa shape index (κ1) is 7.31. The van der Waals surface area contributed by atoms with Crippen molar-refractivity contribution in [1.82, 2.24) is 5.32 Å². The molecule has 1 aromatic rings. The van der Waals surface area contributed by atoms with E-state index in [-0.39, 0.29) is 0 Å². The minimum absolute atomic E-state index is 0.716. The van der Waals surface area contributed by atoms with Crippen LogP contribution in [0.5, 0.6) is 0 Å². The van der Waals surface area contributed by atoms with E-state index in [9.17, 15) is 4.79 Å². The fourth-order valence-electron chi connectivity index (χ4n) is 1.53. The summed E-state index contributed by atoms with van der Waals surface area (Å²) in [5.74, 6) is 0. The van der Waals surface area contributed by atoms with E-state index in [1.807, 2.05) is 12.1 Å². The number of rotatable bonds is 2. The minimum Gasteiger partial charge on any atom is -0.328 e. The Morgan fingerprint density at radius 2 is 2.33 bits per heavy atom. The van der Waals surface area contributed by atoms with Gasteiger partial charge in [0.25, 0.3) is 0 Å². The molecule has 3 nitrogen and oxygen atoms in total. The number of hydrogen-bond donors (Lipinski definition) is 2. The molecule has 1 aromatic carbocycles. The van der Waals surface area contributed by atoms with Gasteiger partial charge in [-0.25, -0.2) is 0 Å². The van der Waals surface area contributed by atoms with Crippen molar-refractivity contribution < 1.29 is 4.79 Å². The predicted octanol–water partition coefficient (Wildman–Crippen LogP) is 0.858. The standard InChI is InChI=1S/C9H10N2O/c12-6-11-9-3-1-2-7-4-10-5-8(7)9/h1-3,6,10H,4-5H2,(H,11,12). The molecule has 62 valence electrons. The lowest BCUT2D eigenvalue weighted by Crippen LogP contribution is -2.02. The van der Waals surface area contributed by atoms with Gasteiger partial charge in [0.1, 0.15) is 0 Å². The Labute approximate surface area is 70.8 Å². The molecule has 0 spiro atoms. The van der Waals surface area contributed by atoms with Gasteiger partial charge >= 0.3 is 0 Å². The van der Waals surface area contributed by atoms with Gasteiger partial charge < -0.3 is 10.6 Å². The Kier molecular flexibility index (Phi) is 1.80. The second-order valence-corrected chi connectivity index (χ2v) is 2.81. The van der Waals surface area contributed by atoms with Crippen LogP contribution < -0.4 is 10.6 Å². The average Bonchev–Trinajstić information content (AvgIpc) is 2.53. The lowest BCUT2D eigenvalue weighted by atomic mass is 10.1. The summed E-state index contributed by atoms with van der Waals surface area (Å²) in [6, 6.07) is 5.95. The van der Waals surface area contributed by atoms with Gasteiger partial charge in [-0.2, -0.15) is 0 Å². The number of fused-ring (bicyclic) bond motifs is 1. The molecule has 2 rings (SSSR count). The molecule has 3 heteroatoms. The second kappa shape index (κ2) is 2.95. The number of benzene rings is 1. The second-order valence-electron chi connectivity index (χ2n) is 2.81. The summed E-state index contributed by atoms with van der Waals surface area (Å²) in [6.45, 7) is 1.76. The molecule has 0 unspecified atom stereocenters. The van der Waals surface area contributed by atoms with Gasteiger partial charge in [-0.05, 0) is 17.2 Å². The summed E-state index contributed by atoms with van der Waals surface area (Å²) in [4.78, 5) is 10.2. The van der Waals surface area contributed by atoms with Crippen molar-refractivity contribution in [3.63, 3.8) is 0 Å². The van der Waals surface area contributed by atoms with E-state index in [2.05, 4.69) is 16.7 Å². The van der Waals surface area contributed by atoms with E-state index >= 15 is 0 Å². The van der Waals surface area contributed by atoms with Crippen LogP contribution >= 0.6 is 0 Å². The molecule has 1 aliphatic heterocycles. The van der Waals surface area contributed by atoms with E-state index in [1.54, 1.807) is 0 Å². The normalized spacial score (nSPS) is 14.0. The van der Waals surface area contributed by atoms with Gasteiger partial charge in [-0.15, -0.1) is 0 Å². The van der Waals surface area contributed by atoms with Gasteiger partial charge in [0.05, 0.1) is 0 Å². The van der Waals surface area contributed by atoms with Crippen molar-refractivity contribution in [3.8, 4) is 0 Å². The monoisotopic (exact) mass is 162 g/mol. The number of hydrogen-bond acceptors (Lipinski definition) is 2. The molecular weight excluding hydrogens is 152 g/mol. The first-order valence-corrected chi connectivity index (χ1v) is 3.93. The van der Waals surface area contributed by atoms with Crippen molar-refractivity contribution in [2.24, 2.45) is 0 Å². The van der Waals surface area contributed by atoms with Gasteiger partial charge in [-0.1, -0.05) is 12.1 Å². The third kappa shape index (κ3) is 1.08. The van der Waals surface area contributed by atoms with E-state index in [0.717, 1.165) is 18.8 Å². The predicted molar refractivity (Wildman–Crippen MR) is 46.7 cm³/mol. The Balaban J connectivity index is 2.42. The van der Waals surface area contributed by atoms with Crippen LogP contribution in [0.3, 0.4) is 0 Å². The Hall–Kier alpha value is -1.35. The van der Waals surface area contributed by atoms with Crippen molar-refractivity contribution in [2.75, 3.05) is 5.32 Å². The highest BCUT2D eigenvalue weighted by molar-refractivity contribution is 5.74. The lowest BCUT2D eigenvalue weighted by molar-refractivity contribution is -0.105. The summed E-state index contributed by atoms with van der Waals surface area (Å²) >= 11 is 0. The smallest absolute Gasteiger partial charge is 0.211 e. The topological polar surface area (TPSA) is 41.1 Å². The number of amides is 1. The van der Waals surface area contributed by atoms with E-state index in [4.69, 9.17) is 0 Å². The van der Waals surface area contributed by atoms with E-state index in [1.165, 1.54) is 11.1 Å². The van der Waals surface area contributed by atoms with Crippen LogP contribution in [0.25, 0.3) is 0 Å². The average molecular weight is 162 g/mol. The summed E-state index contributed by atoms with van der Waals surface area (Å²) < 4.78 is 0. The number of nitrogens with one attached hydrogen (secondary N) is 2. The van der Waals surface area contributed by atoms with Crippen LogP contribution in [-0.4, -0.2) is 6.41 Å². The zero-order valence-electron chi connectivity index (χ0n) is 6.63. The maximum atomic E-state index is 10.2. The number of anilines is 1. The fourth-order valence-corrected chi connectivity index (χ4v) is 1.53. The van der Waals surface area contributed by atoms with Crippen LogP contribution in [0.4, 0.5) is 5.69 Å². The van der Waals surface area contributed by atoms with Crippen LogP contribution in [0.1, 0.15) is 11.1 Å². The molecule has 0 fully saturated rings. The van der Waals surface area contributed by atoms with Crippen molar-refractivity contribution in [1.29, 1.82) is 0 Å². The molecule has 1 aliphatic rings. The SMILES string of the molecule is O=CNc1cccc2c1CNC2. The highest BCUT2D eigenvalue weighted by Crippen LogP contribution is 2.23. The van der Waals surface area contributed by atoms with Crippen molar-refractivity contribution in [2.45, 2.75) is 13.1 Å². The highest BCUT2D eigenvalue weighted by Gasteiger charge is 2.12. The Morgan fingerprint density at radius 3 is 3.17 bits per heavy atom. The molecule has 0 bridgehead atoms. The molecule has 1 heterocycles. The summed E-state index contributed by atoms with van der Waals surface area (Å²) in [6.07, 6.45) is 0.716. The first-order chi connectivity index (χ1) is 5.92. The zero-order valence-corrected chi connectivity index (χ0v) is 6.63. The zero-order chi connectivity index (χ0) is 8.39. The molecule has 0 atom stereocenters. The largest absolute Gasteiger partial charge is 0.328 e. The van der Waals surface area contributed by atoms with Crippen molar-refractivity contribution >= 4 is 12.1 Å². The molecule has 2 N–H and O–H groups in total. The van der Waals surface area contributed by atoms with E-state index in [0.29, 0.717) is 6.41 Å². The summed E-state index contributed by atoms with van der Waals surface area (Å²) in [7, 11) is 0. The maximum absolute atomic E-state index is 10.2. The van der Waals surface area contributed by atoms with E-state index < -0.39 is 0 Å². The summed E-state index contributed by atoms with van der Waals surface area (Å²) in [5.41, 5.74) is 3.42. The third-order valence-electron chi connectivity index (χ3n) is 2.10. The first-order valence-electron chi connectivity index (χ1n) is 3.93. The van der Waals surface area contributed by atoms with Gasteiger partial charge in [-0.3, -0.25) is 4.79 Å². The molecule has 0 radical (unpaired) electrons. The Bertz CT molecular complexity index is 309. The van der Waals surface area contributed by atoms with Crippen LogP contribution in [0.2, 0.25) is 0 Å². The molecule has 0 aliphatic carbocycles. The molecule has 0 saturated heterocycles. The molecular formula is C9H10N2O. The minimum atomic E-state index is 0.716. The van der Waals surface area contributed by atoms with Gasteiger partial charge in [0.2, 0.25) is 6.41 Å². The van der Waals surface area contributed by atoms with Crippen LogP contribution in [-0.2, 0) is 17.9 Å². The van der Waals surface area contributed by atoms with Crippen molar-refractivity contribution in [3.05, 3.63) is 29.3 Å². The molecule has 12 heavy (non-hydrogen) atoms. The molecule has 1 amide bonds. The number of carbonyl (C=O) groups is 1. The maximum Gasteiger partial charge on any atom is 0.211 e. The quantitative estimate of drug-likeness (QED) is 0.633. The fraction of sp³-hybridized carbons (Fsp3) is 0.222. The van der Waals surface area contributed by atoms with Crippen LogP contribution in [0, 0.1) is 0 Å². The van der Waals surface area contributed by atoms with Gasteiger partial charge in [0, 0.05) is 18.8 Å². The van der Waals surface area contributed by atoms with Crippen LogP contribution in [0.15, 0.2) is 18.2 Å². The summed E-state index contributed by atoms with van der Waals surface area (Å²) in [5, 5.41) is 5.92. The molecule has 0 aromatic heterocycles. The van der Waals surface area contributed by atoms with Gasteiger partial charge in [0.15, 0.2) is 0 Å². The Morgan fingerprint density at radius 1 is 1.42 bits per heavy atom. The highest BCUT2D eigenvalue weighted by atomic mass is 16.1. The lowest BCUT2D eigenvalue weighted by Gasteiger charge is -2.04. The third-order valence-corrected chi connectivity index (χ3v) is 2.10. The molecule has 0 saturated carbocycles.